The van der Waals surface area contributed by atoms with E-state index >= 15 is 0 Å². The van der Waals surface area contributed by atoms with Crippen molar-refractivity contribution >= 4 is 11.7 Å². The largest absolute Gasteiger partial charge is 0.494 e. The normalized spacial score (nSPS) is 9.89. The summed E-state index contributed by atoms with van der Waals surface area (Å²) in [6.45, 7) is 4.48. The van der Waals surface area contributed by atoms with Gasteiger partial charge in [-0.25, -0.2) is 0 Å². The number of nitrogens with one attached hydrogen (secondary N) is 1. The lowest BCUT2D eigenvalue weighted by Crippen LogP contribution is -2.27. The summed E-state index contributed by atoms with van der Waals surface area (Å²) in [4.78, 5) is 22.3. The van der Waals surface area contributed by atoms with E-state index in [0.717, 1.165) is 11.3 Å². The molecule has 0 atom stereocenters. The van der Waals surface area contributed by atoms with Crippen molar-refractivity contribution in [3.05, 3.63) is 29.8 Å². The van der Waals surface area contributed by atoms with Gasteiger partial charge in [0.1, 0.15) is 11.5 Å². The average molecular weight is 249 g/mol. The molecule has 1 rings (SSSR count). The number of hydrogen-bond donors (Lipinski definition) is 1. The Morgan fingerprint density at radius 2 is 1.89 bits per heavy atom. The highest BCUT2D eigenvalue weighted by molar-refractivity contribution is 5.80. The van der Waals surface area contributed by atoms with Gasteiger partial charge < -0.3 is 10.1 Å². The summed E-state index contributed by atoms with van der Waals surface area (Å²) in [5.74, 6) is 0.815. The molecule has 0 radical (unpaired) electrons. The van der Waals surface area contributed by atoms with Gasteiger partial charge in [0.15, 0.2) is 0 Å². The zero-order valence-corrected chi connectivity index (χ0v) is 10.9. The van der Waals surface area contributed by atoms with Crippen LogP contribution >= 0.6 is 0 Å². The lowest BCUT2D eigenvalue weighted by Gasteiger charge is -2.06. The van der Waals surface area contributed by atoms with Crippen LogP contribution in [0.25, 0.3) is 0 Å². The minimum atomic E-state index is -0.0691. The van der Waals surface area contributed by atoms with Gasteiger partial charge in [0.05, 0.1) is 13.0 Å². The number of Topliss-reactive ketones (excluding diaryl/α,β-unsaturated/α-hetero) is 1. The second kappa shape index (κ2) is 7.48. The minimum absolute atomic E-state index is 0.0691. The summed E-state index contributed by atoms with van der Waals surface area (Å²) in [5.41, 5.74) is 0.929. The average Bonchev–Trinajstić information content (AvgIpc) is 2.31. The highest BCUT2D eigenvalue weighted by Crippen LogP contribution is 2.12. The predicted octanol–water partition coefficient (Wildman–Crippen LogP) is 1.72. The molecular weight excluding hydrogens is 230 g/mol. The van der Waals surface area contributed by atoms with Crippen molar-refractivity contribution in [2.45, 2.75) is 26.7 Å². The van der Waals surface area contributed by atoms with Crippen molar-refractivity contribution in [3.8, 4) is 5.75 Å². The molecule has 0 fully saturated rings. The van der Waals surface area contributed by atoms with E-state index in [1.54, 1.807) is 0 Å². The number of carbonyl (C=O) groups excluding carboxylic acids is 2. The summed E-state index contributed by atoms with van der Waals surface area (Å²) >= 11 is 0. The quantitative estimate of drug-likeness (QED) is 0.800. The van der Waals surface area contributed by atoms with Gasteiger partial charge in [0, 0.05) is 13.0 Å². The van der Waals surface area contributed by atoms with Crippen LogP contribution in [0, 0.1) is 0 Å². The van der Waals surface area contributed by atoms with Crippen LogP contribution in [0.5, 0.6) is 5.75 Å². The van der Waals surface area contributed by atoms with Crippen LogP contribution < -0.4 is 10.1 Å². The van der Waals surface area contributed by atoms with E-state index in [2.05, 4.69) is 5.32 Å². The van der Waals surface area contributed by atoms with Gasteiger partial charge in [0.25, 0.3) is 0 Å². The molecule has 0 aliphatic heterocycles. The molecule has 0 bridgehead atoms. The highest BCUT2D eigenvalue weighted by Gasteiger charge is 2.03. The van der Waals surface area contributed by atoms with Crippen LogP contribution in [-0.2, 0) is 16.0 Å². The SMILES string of the molecule is CCOc1ccc(CC(=O)NCCC(C)=O)cc1. The van der Waals surface area contributed by atoms with Gasteiger partial charge in [-0.2, -0.15) is 0 Å². The first-order chi connectivity index (χ1) is 8.61. The zero-order chi connectivity index (χ0) is 13.4. The van der Waals surface area contributed by atoms with Crippen molar-refractivity contribution in [3.63, 3.8) is 0 Å². The molecule has 0 unspecified atom stereocenters. The van der Waals surface area contributed by atoms with Gasteiger partial charge in [-0.15, -0.1) is 0 Å². The lowest BCUT2D eigenvalue weighted by molar-refractivity contribution is -0.120. The fraction of sp³-hybridized carbons (Fsp3) is 0.429. The maximum Gasteiger partial charge on any atom is 0.224 e. The standard InChI is InChI=1S/C14H19NO3/c1-3-18-13-6-4-12(5-7-13)10-14(17)15-9-8-11(2)16/h4-7H,3,8-10H2,1-2H3,(H,15,17). The zero-order valence-electron chi connectivity index (χ0n) is 10.9. The van der Waals surface area contributed by atoms with Gasteiger partial charge >= 0.3 is 0 Å². The van der Waals surface area contributed by atoms with Crippen LogP contribution in [0.3, 0.4) is 0 Å². The third-order valence-electron chi connectivity index (χ3n) is 2.40. The highest BCUT2D eigenvalue weighted by atomic mass is 16.5. The molecular formula is C14H19NO3. The van der Waals surface area contributed by atoms with Crippen LogP contribution in [0.4, 0.5) is 0 Å². The van der Waals surface area contributed by atoms with Crippen molar-refractivity contribution < 1.29 is 14.3 Å². The second-order valence-electron chi connectivity index (χ2n) is 4.06. The number of ketones is 1. The Bertz CT molecular complexity index is 398. The van der Waals surface area contributed by atoms with Crippen molar-refractivity contribution in [2.75, 3.05) is 13.2 Å². The predicted molar refractivity (Wildman–Crippen MR) is 69.6 cm³/mol. The van der Waals surface area contributed by atoms with Gasteiger partial charge in [0.2, 0.25) is 5.91 Å². The molecule has 98 valence electrons. The summed E-state index contributed by atoms with van der Waals surface area (Å²) in [6, 6.07) is 7.44. The van der Waals surface area contributed by atoms with Crippen molar-refractivity contribution in [1.29, 1.82) is 0 Å². The molecule has 4 nitrogen and oxygen atoms in total. The number of benzene rings is 1. The van der Waals surface area contributed by atoms with Crippen LogP contribution in [0.15, 0.2) is 24.3 Å². The molecule has 18 heavy (non-hydrogen) atoms. The Morgan fingerprint density at radius 3 is 2.44 bits per heavy atom. The molecule has 0 heterocycles. The molecule has 1 aromatic carbocycles. The first-order valence-corrected chi connectivity index (χ1v) is 6.09. The first-order valence-electron chi connectivity index (χ1n) is 6.09. The summed E-state index contributed by atoms with van der Waals surface area (Å²) in [7, 11) is 0. The van der Waals surface area contributed by atoms with E-state index in [9.17, 15) is 9.59 Å². The first kappa shape index (κ1) is 14.2. The third kappa shape index (κ3) is 5.48. The Morgan fingerprint density at radius 1 is 1.22 bits per heavy atom. The van der Waals surface area contributed by atoms with E-state index in [-0.39, 0.29) is 11.7 Å². The monoisotopic (exact) mass is 249 g/mol. The molecule has 0 saturated heterocycles. The molecule has 0 aromatic heterocycles. The smallest absolute Gasteiger partial charge is 0.224 e. The molecule has 1 aromatic rings. The maximum absolute atomic E-state index is 11.6. The van der Waals surface area contributed by atoms with Crippen LogP contribution in [0.2, 0.25) is 0 Å². The van der Waals surface area contributed by atoms with Crippen molar-refractivity contribution in [2.24, 2.45) is 0 Å². The van der Waals surface area contributed by atoms with Crippen molar-refractivity contribution in [1.82, 2.24) is 5.32 Å². The molecule has 4 heteroatoms. The Balaban J connectivity index is 2.37. The van der Waals surface area contributed by atoms with E-state index in [1.165, 1.54) is 6.92 Å². The van der Waals surface area contributed by atoms with Gasteiger partial charge in [-0.3, -0.25) is 9.59 Å². The van der Waals surface area contributed by atoms with Gasteiger partial charge in [-0.1, -0.05) is 12.1 Å². The summed E-state index contributed by atoms with van der Waals surface area (Å²) in [5, 5.41) is 2.71. The van der Waals surface area contributed by atoms with E-state index in [1.807, 2.05) is 31.2 Å². The topological polar surface area (TPSA) is 55.4 Å². The molecule has 0 aliphatic rings. The number of carbonyl (C=O) groups is 2. The van der Waals surface area contributed by atoms with Crippen LogP contribution in [-0.4, -0.2) is 24.8 Å². The number of ether oxygens (including phenoxy) is 1. The van der Waals surface area contributed by atoms with Gasteiger partial charge in [-0.05, 0) is 31.5 Å². The van der Waals surface area contributed by atoms with E-state index in [4.69, 9.17) is 4.74 Å². The third-order valence-corrected chi connectivity index (χ3v) is 2.40. The Hall–Kier alpha value is -1.84. The molecule has 1 amide bonds. The Kier molecular flexibility index (Phi) is 5.91. The molecule has 0 spiro atoms. The summed E-state index contributed by atoms with van der Waals surface area (Å²) < 4.78 is 5.32. The van der Waals surface area contributed by atoms with E-state index < -0.39 is 0 Å². The van der Waals surface area contributed by atoms with Crippen LogP contribution in [0.1, 0.15) is 25.8 Å². The number of amides is 1. The number of hydrogen-bond acceptors (Lipinski definition) is 3. The minimum Gasteiger partial charge on any atom is -0.494 e. The fourth-order valence-electron chi connectivity index (χ4n) is 1.50. The number of rotatable bonds is 7. The molecule has 0 saturated carbocycles. The fourth-order valence-corrected chi connectivity index (χ4v) is 1.50. The molecule has 1 N–H and O–H groups in total. The summed E-state index contributed by atoms with van der Waals surface area (Å²) in [6.07, 6.45) is 0.708. The van der Waals surface area contributed by atoms with E-state index in [0.29, 0.717) is 26.0 Å². The lowest BCUT2D eigenvalue weighted by atomic mass is 10.1. The Labute approximate surface area is 107 Å². The molecule has 0 aliphatic carbocycles. The maximum atomic E-state index is 11.6. The second-order valence-corrected chi connectivity index (χ2v) is 4.06.